The van der Waals surface area contributed by atoms with Gasteiger partial charge in [0.05, 0.1) is 0 Å². The fourth-order valence-corrected chi connectivity index (χ4v) is 1.56. The van der Waals surface area contributed by atoms with E-state index in [1.54, 1.807) is 0 Å². The molecule has 2 aromatic rings. The third kappa shape index (κ3) is 1.99. The molecular weight excluding hydrogens is 264 g/mol. The number of hydrogen-bond donors (Lipinski definition) is 0. The topological polar surface area (TPSA) is 38.9 Å². The Balaban J connectivity index is 2.34. The molecule has 0 aliphatic heterocycles. The quantitative estimate of drug-likeness (QED) is 0.786. The zero-order chi connectivity index (χ0) is 9.97. The molecule has 1 heterocycles. The van der Waals surface area contributed by atoms with Crippen LogP contribution in [0.25, 0.3) is 11.4 Å². The van der Waals surface area contributed by atoms with E-state index in [1.807, 2.05) is 30.5 Å². The molecule has 1 aromatic heterocycles. The van der Waals surface area contributed by atoms with Gasteiger partial charge < -0.3 is 4.52 Å². The third-order valence-electron chi connectivity index (χ3n) is 1.68. The van der Waals surface area contributed by atoms with E-state index in [4.69, 9.17) is 4.52 Å². The van der Waals surface area contributed by atoms with Gasteiger partial charge in [-0.3, -0.25) is 0 Å². The summed E-state index contributed by atoms with van der Waals surface area (Å²) < 4.78 is 6.03. The minimum absolute atomic E-state index is 0.586. The monoisotopic (exact) mass is 270 g/mol. The molecule has 0 amide bonds. The SMILES string of the molecule is CSc1nc(-c2ccc(Br)cc2)no1. The summed E-state index contributed by atoms with van der Waals surface area (Å²) in [4.78, 5) is 4.20. The predicted molar refractivity (Wildman–Crippen MR) is 59.2 cm³/mol. The molecule has 0 aliphatic rings. The predicted octanol–water partition coefficient (Wildman–Crippen LogP) is 3.22. The lowest BCUT2D eigenvalue weighted by Crippen LogP contribution is -1.79. The van der Waals surface area contributed by atoms with Crippen LogP contribution in [0.3, 0.4) is 0 Å². The largest absolute Gasteiger partial charge is 0.327 e. The van der Waals surface area contributed by atoms with Crippen LogP contribution in [0.2, 0.25) is 0 Å². The maximum Gasteiger partial charge on any atom is 0.285 e. The second-order valence-corrected chi connectivity index (χ2v) is 4.27. The van der Waals surface area contributed by atoms with Crippen LogP contribution < -0.4 is 0 Å². The van der Waals surface area contributed by atoms with Crippen LogP contribution in [-0.2, 0) is 0 Å². The molecule has 0 bridgehead atoms. The summed E-state index contributed by atoms with van der Waals surface area (Å²) >= 11 is 4.81. The van der Waals surface area contributed by atoms with E-state index in [9.17, 15) is 0 Å². The first-order chi connectivity index (χ1) is 6.79. The molecule has 14 heavy (non-hydrogen) atoms. The van der Waals surface area contributed by atoms with E-state index in [0.717, 1.165) is 10.0 Å². The normalized spacial score (nSPS) is 10.4. The van der Waals surface area contributed by atoms with E-state index in [1.165, 1.54) is 11.8 Å². The molecule has 2 rings (SSSR count). The van der Waals surface area contributed by atoms with Crippen molar-refractivity contribution in [3.8, 4) is 11.4 Å². The molecular formula is C9H7BrN2OS. The Morgan fingerprint density at radius 3 is 2.57 bits per heavy atom. The Hall–Kier alpha value is -0.810. The van der Waals surface area contributed by atoms with Crippen molar-refractivity contribution in [2.75, 3.05) is 6.26 Å². The minimum Gasteiger partial charge on any atom is -0.327 e. The van der Waals surface area contributed by atoms with Crippen LogP contribution in [0.5, 0.6) is 0 Å². The number of hydrogen-bond acceptors (Lipinski definition) is 4. The standard InChI is InChI=1S/C9H7BrN2OS/c1-14-9-11-8(12-13-9)6-2-4-7(10)5-3-6/h2-5H,1H3. The van der Waals surface area contributed by atoms with Crippen LogP contribution in [0.15, 0.2) is 38.5 Å². The molecule has 0 atom stereocenters. The van der Waals surface area contributed by atoms with Crippen LogP contribution in [0.1, 0.15) is 0 Å². The van der Waals surface area contributed by atoms with Gasteiger partial charge in [-0.05, 0) is 30.5 Å². The van der Waals surface area contributed by atoms with Gasteiger partial charge in [0, 0.05) is 10.0 Å². The van der Waals surface area contributed by atoms with E-state index >= 15 is 0 Å². The number of halogens is 1. The van der Waals surface area contributed by atoms with E-state index in [0.29, 0.717) is 11.0 Å². The van der Waals surface area contributed by atoms with Gasteiger partial charge in [-0.2, -0.15) is 4.98 Å². The maximum atomic E-state index is 4.99. The zero-order valence-corrected chi connectivity index (χ0v) is 9.80. The molecule has 0 unspecified atom stereocenters. The van der Waals surface area contributed by atoms with Crippen molar-refractivity contribution < 1.29 is 4.52 Å². The fraction of sp³-hybridized carbons (Fsp3) is 0.111. The van der Waals surface area contributed by atoms with Crippen molar-refractivity contribution >= 4 is 27.7 Å². The lowest BCUT2D eigenvalue weighted by Gasteiger charge is -1.92. The summed E-state index contributed by atoms with van der Waals surface area (Å²) in [5.41, 5.74) is 0.956. The fourth-order valence-electron chi connectivity index (χ4n) is 1.01. The lowest BCUT2D eigenvalue weighted by atomic mass is 10.2. The molecule has 72 valence electrons. The van der Waals surface area contributed by atoms with Crippen molar-refractivity contribution in [2.24, 2.45) is 0 Å². The van der Waals surface area contributed by atoms with Gasteiger partial charge in [-0.25, -0.2) is 0 Å². The average molecular weight is 271 g/mol. The first kappa shape index (κ1) is 9.73. The van der Waals surface area contributed by atoms with Crippen molar-refractivity contribution in [3.63, 3.8) is 0 Å². The Morgan fingerprint density at radius 2 is 2.00 bits per heavy atom. The highest BCUT2D eigenvalue weighted by atomic mass is 79.9. The number of rotatable bonds is 2. The summed E-state index contributed by atoms with van der Waals surface area (Å²) in [6.07, 6.45) is 1.90. The van der Waals surface area contributed by atoms with Crippen molar-refractivity contribution in [2.45, 2.75) is 5.22 Å². The zero-order valence-electron chi connectivity index (χ0n) is 7.40. The Bertz CT molecular complexity index is 427. The van der Waals surface area contributed by atoms with Crippen LogP contribution in [0, 0.1) is 0 Å². The van der Waals surface area contributed by atoms with Gasteiger partial charge in [0.25, 0.3) is 5.22 Å². The van der Waals surface area contributed by atoms with Crippen LogP contribution in [-0.4, -0.2) is 16.4 Å². The molecule has 0 aliphatic carbocycles. The highest BCUT2D eigenvalue weighted by molar-refractivity contribution is 9.10. The third-order valence-corrected chi connectivity index (χ3v) is 2.73. The summed E-state index contributed by atoms with van der Waals surface area (Å²) in [7, 11) is 0. The van der Waals surface area contributed by atoms with Gasteiger partial charge in [-0.15, -0.1) is 0 Å². The number of benzene rings is 1. The number of nitrogens with zero attached hydrogens (tertiary/aromatic N) is 2. The molecule has 3 nitrogen and oxygen atoms in total. The second kappa shape index (κ2) is 4.14. The number of aromatic nitrogens is 2. The lowest BCUT2D eigenvalue weighted by molar-refractivity contribution is 0.341. The highest BCUT2D eigenvalue weighted by Gasteiger charge is 2.06. The van der Waals surface area contributed by atoms with Gasteiger partial charge in [0.2, 0.25) is 5.82 Å². The van der Waals surface area contributed by atoms with Gasteiger partial charge in [-0.1, -0.05) is 32.8 Å². The molecule has 0 saturated carbocycles. The van der Waals surface area contributed by atoms with Crippen LogP contribution >= 0.6 is 27.7 Å². The van der Waals surface area contributed by atoms with E-state index in [2.05, 4.69) is 26.1 Å². The number of thioether (sulfide) groups is 1. The molecule has 5 heteroatoms. The average Bonchev–Trinajstić information content (AvgIpc) is 2.67. The smallest absolute Gasteiger partial charge is 0.285 e. The van der Waals surface area contributed by atoms with Crippen molar-refractivity contribution in [3.05, 3.63) is 28.7 Å². The minimum atomic E-state index is 0.586. The van der Waals surface area contributed by atoms with Crippen molar-refractivity contribution in [1.82, 2.24) is 10.1 Å². The maximum absolute atomic E-state index is 4.99. The summed E-state index contributed by atoms with van der Waals surface area (Å²) in [6, 6.07) is 7.78. The van der Waals surface area contributed by atoms with Crippen LogP contribution in [0.4, 0.5) is 0 Å². The summed E-state index contributed by atoms with van der Waals surface area (Å²) in [5, 5.41) is 4.45. The Kier molecular flexibility index (Phi) is 2.88. The second-order valence-electron chi connectivity index (χ2n) is 2.59. The molecule has 1 aromatic carbocycles. The molecule has 0 N–H and O–H groups in total. The van der Waals surface area contributed by atoms with Gasteiger partial charge >= 0.3 is 0 Å². The summed E-state index contributed by atoms with van der Waals surface area (Å²) in [5.74, 6) is 0.627. The van der Waals surface area contributed by atoms with E-state index < -0.39 is 0 Å². The summed E-state index contributed by atoms with van der Waals surface area (Å²) in [6.45, 7) is 0. The Morgan fingerprint density at radius 1 is 1.29 bits per heavy atom. The van der Waals surface area contributed by atoms with E-state index in [-0.39, 0.29) is 0 Å². The first-order valence-electron chi connectivity index (χ1n) is 3.93. The molecule has 0 fully saturated rings. The highest BCUT2D eigenvalue weighted by Crippen LogP contribution is 2.21. The van der Waals surface area contributed by atoms with Gasteiger partial charge in [0.1, 0.15) is 0 Å². The van der Waals surface area contributed by atoms with Crippen molar-refractivity contribution in [1.29, 1.82) is 0 Å². The molecule has 0 spiro atoms. The van der Waals surface area contributed by atoms with Gasteiger partial charge in [0.15, 0.2) is 0 Å². The Labute approximate surface area is 94.0 Å². The molecule has 0 saturated heterocycles. The first-order valence-corrected chi connectivity index (χ1v) is 5.95. The molecule has 0 radical (unpaired) electrons.